The van der Waals surface area contributed by atoms with Crippen molar-refractivity contribution in [2.45, 2.75) is 6.61 Å². The predicted octanol–water partition coefficient (Wildman–Crippen LogP) is 3.50. The van der Waals surface area contributed by atoms with Crippen LogP contribution in [0, 0.1) is 0 Å². The average Bonchev–Trinajstić information content (AvgIpc) is 2.28. The van der Waals surface area contributed by atoms with E-state index in [1.807, 2.05) is 42.5 Å². The van der Waals surface area contributed by atoms with Crippen molar-refractivity contribution in [3.63, 3.8) is 0 Å². The Morgan fingerprint density at radius 1 is 1.06 bits per heavy atom. The first-order chi connectivity index (χ1) is 7.75. The van der Waals surface area contributed by atoms with Gasteiger partial charge < -0.3 is 10.5 Å². The summed E-state index contributed by atoms with van der Waals surface area (Å²) in [7, 11) is 0. The van der Waals surface area contributed by atoms with E-state index in [9.17, 15) is 0 Å². The predicted molar refractivity (Wildman–Crippen MR) is 66.6 cm³/mol. The van der Waals surface area contributed by atoms with Crippen LogP contribution < -0.4 is 10.5 Å². The molecule has 2 aromatic rings. The van der Waals surface area contributed by atoms with Crippen LogP contribution in [0.25, 0.3) is 0 Å². The van der Waals surface area contributed by atoms with Crippen LogP contribution in [0.4, 0.5) is 5.69 Å². The minimum Gasteiger partial charge on any atom is -0.489 e. The van der Waals surface area contributed by atoms with E-state index >= 15 is 0 Å². The van der Waals surface area contributed by atoms with Crippen LogP contribution in [0.15, 0.2) is 48.5 Å². The van der Waals surface area contributed by atoms with Crippen LogP contribution in [-0.2, 0) is 6.61 Å². The van der Waals surface area contributed by atoms with Crippen LogP contribution in [0.2, 0.25) is 5.02 Å². The van der Waals surface area contributed by atoms with Crippen molar-refractivity contribution in [2.75, 3.05) is 5.73 Å². The molecule has 16 heavy (non-hydrogen) atoms. The summed E-state index contributed by atoms with van der Waals surface area (Å²) in [5.41, 5.74) is 7.31. The van der Waals surface area contributed by atoms with Gasteiger partial charge in [0.2, 0.25) is 0 Å². The van der Waals surface area contributed by atoms with Gasteiger partial charge in [-0.3, -0.25) is 0 Å². The molecule has 0 amide bonds. The molecule has 2 nitrogen and oxygen atoms in total. The second kappa shape index (κ2) is 4.90. The van der Waals surface area contributed by atoms with Crippen molar-refractivity contribution in [1.82, 2.24) is 0 Å². The second-order valence-electron chi connectivity index (χ2n) is 3.45. The monoisotopic (exact) mass is 233 g/mol. The molecule has 0 aliphatic heterocycles. The molecule has 0 aliphatic carbocycles. The first-order valence-corrected chi connectivity index (χ1v) is 5.35. The molecule has 0 saturated heterocycles. The zero-order chi connectivity index (χ0) is 11.4. The Morgan fingerprint density at radius 2 is 1.88 bits per heavy atom. The fourth-order valence-corrected chi connectivity index (χ4v) is 1.57. The molecule has 0 heterocycles. The first kappa shape index (κ1) is 10.8. The molecule has 0 spiro atoms. The van der Waals surface area contributed by atoms with Crippen molar-refractivity contribution in [3.8, 4) is 5.75 Å². The molecule has 0 bridgehead atoms. The van der Waals surface area contributed by atoms with E-state index in [-0.39, 0.29) is 0 Å². The minimum atomic E-state index is 0.448. The molecular weight excluding hydrogens is 222 g/mol. The van der Waals surface area contributed by atoms with Gasteiger partial charge >= 0.3 is 0 Å². The average molecular weight is 234 g/mol. The molecule has 82 valence electrons. The van der Waals surface area contributed by atoms with Crippen LogP contribution in [-0.4, -0.2) is 0 Å². The Hall–Kier alpha value is -1.67. The van der Waals surface area contributed by atoms with Gasteiger partial charge in [-0.1, -0.05) is 35.9 Å². The van der Waals surface area contributed by atoms with Gasteiger partial charge in [-0.2, -0.15) is 0 Å². The van der Waals surface area contributed by atoms with E-state index in [0.29, 0.717) is 17.3 Å². The zero-order valence-corrected chi connectivity index (χ0v) is 9.45. The summed E-state index contributed by atoms with van der Waals surface area (Å²) in [4.78, 5) is 0. The van der Waals surface area contributed by atoms with Crippen LogP contribution >= 0.6 is 11.6 Å². The standard InChI is InChI=1S/C13H12ClNO/c14-13-7-2-1-4-10(13)9-16-12-6-3-5-11(15)8-12/h1-8H,9,15H2. The van der Waals surface area contributed by atoms with Crippen molar-refractivity contribution < 1.29 is 4.74 Å². The van der Waals surface area contributed by atoms with Crippen molar-refractivity contribution >= 4 is 17.3 Å². The number of hydrogen-bond donors (Lipinski definition) is 1. The highest BCUT2D eigenvalue weighted by Gasteiger charge is 2.00. The van der Waals surface area contributed by atoms with Crippen molar-refractivity contribution in [3.05, 3.63) is 59.1 Å². The number of halogens is 1. The lowest BCUT2D eigenvalue weighted by Gasteiger charge is -2.07. The van der Waals surface area contributed by atoms with Gasteiger partial charge in [-0.15, -0.1) is 0 Å². The van der Waals surface area contributed by atoms with E-state index in [1.54, 1.807) is 6.07 Å². The lowest BCUT2D eigenvalue weighted by Crippen LogP contribution is -1.96. The highest BCUT2D eigenvalue weighted by Crippen LogP contribution is 2.19. The summed E-state index contributed by atoms with van der Waals surface area (Å²) < 4.78 is 5.59. The molecular formula is C13H12ClNO. The number of hydrogen-bond acceptors (Lipinski definition) is 2. The molecule has 3 heteroatoms. The molecule has 2 N–H and O–H groups in total. The zero-order valence-electron chi connectivity index (χ0n) is 8.69. The quantitative estimate of drug-likeness (QED) is 0.824. The molecule has 0 radical (unpaired) electrons. The second-order valence-corrected chi connectivity index (χ2v) is 3.86. The Bertz CT molecular complexity index is 485. The van der Waals surface area contributed by atoms with Crippen LogP contribution in [0.1, 0.15) is 5.56 Å². The summed E-state index contributed by atoms with van der Waals surface area (Å²) in [6.07, 6.45) is 0. The molecule has 0 atom stereocenters. The maximum Gasteiger partial charge on any atom is 0.121 e. The summed E-state index contributed by atoms with van der Waals surface area (Å²) in [6.45, 7) is 0.448. The Kier molecular flexibility index (Phi) is 3.32. The molecule has 0 aliphatic rings. The number of benzene rings is 2. The van der Waals surface area contributed by atoms with E-state index in [0.717, 1.165) is 11.3 Å². The smallest absolute Gasteiger partial charge is 0.121 e. The number of anilines is 1. The van der Waals surface area contributed by atoms with E-state index in [4.69, 9.17) is 22.1 Å². The molecule has 0 fully saturated rings. The van der Waals surface area contributed by atoms with E-state index < -0.39 is 0 Å². The molecule has 0 unspecified atom stereocenters. The van der Waals surface area contributed by atoms with Gasteiger partial charge in [0.05, 0.1) is 0 Å². The molecule has 0 aromatic heterocycles. The lowest BCUT2D eigenvalue weighted by molar-refractivity contribution is 0.306. The molecule has 0 saturated carbocycles. The van der Waals surface area contributed by atoms with Crippen LogP contribution in [0.5, 0.6) is 5.75 Å². The van der Waals surface area contributed by atoms with Gasteiger partial charge in [0.15, 0.2) is 0 Å². The fourth-order valence-electron chi connectivity index (χ4n) is 1.38. The SMILES string of the molecule is Nc1cccc(OCc2ccccc2Cl)c1. The first-order valence-electron chi connectivity index (χ1n) is 4.97. The fraction of sp³-hybridized carbons (Fsp3) is 0.0769. The van der Waals surface area contributed by atoms with Gasteiger partial charge in [-0.25, -0.2) is 0 Å². The third kappa shape index (κ3) is 2.67. The van der Waals surface area contributed by atoms with Gasteiger partial charge in [0.25, 0.3) is 0 Å². The van der Waals surface area contributed by atoms with E-state index in [2.05, 4.69) is 0 Å². The topological polar surface area (TPSA) is 35.2 Å². The number of ether oxygens (including phenoxy) is 1. The normalized spacial score (nSPS) is 10.1. The summed E-state index contributed by atoms with van der Waals surface area (Å²) >= 11 is 6.02. The molecule has 2 aromatic carbocycles. The Labute approximate surface area is 99.6 Å². The van der Waals surface area contributed by atoms with Crippen LogP contribution in [0.3, 0.4) is 0 Å². The highest BCUT2D eigenvalue weighted by molar-refractivity contribution is 6.31. The summed E-state index contributed by atoms with van der Waals surface area (Å²) in [5.74, 6) is 0.750. The van der Waals surface area contributed by atoms with Crippen molar-refractivity contribution in [2.24, 2.45) is 0 Å². The largest absolute Gasteiger partial charge is 0.489 e. The van der Waals surface area contributed by atoms with Gasteiger partial charge in [0, 0.05) is 22.3 Å². The minimum absolute atomic E-state index is 0.448. The summed E-state index contributed by atoms with van der Waals surface area (Å²) in [5, 5.41) is 0.714. The third-order valence-electron chi connectivity index (χ3n) is 2.21. The van der Waals surface area contributed by atoms with Gasteiger partial charge in [0.1, 0.15) is 12.4 Å². The van der Waals surface area contributed by atoms with E-state index in [1.165, 1.54) is 0 Å². The maximum atomic E-state index is 6.02. The Morgan fingerprint density at radius 3 is 2.62 bits per heavy atom. The summed E-state index contributed by atoms with van der Waals surface area (Å²) in [6, 6.07) is 15.0. The molecule has 2 rings (SSSR count). The van der Waals surface area contributed by atoms with Gasteiger partial charge in [-0.05, 0) is 18.2 Å². The number of nitrogen functional groups attached to an aromatic ring is 1. The highest BCUT2D eigenvalue weighted by atomic mass is 35.5. The number of nitrogens with two attached hydrogens (primary N) is 1. The number of rotatable bonds is 3. The maximum absolute atomic E-state index is 6.02. The van der Waals surface area contributed by atoms with Crippen molar-refractivity contribution in [1.29, 1.82) is 0 Å². The lowest BCUT2D eigenvalue weighted by atomic mass is 10.2. The Balaban J connectivity index is 2.05. The third-order valence-corrected chi connectivity index (χ3v) is 2.58.